The van der Waals surface area contributed by atoms with Crippen LogP contribution < -0.4 is 14.8 Å². The number of nitrogens with one attached hydrogen (secondary N) is 1. The van der Waals surface area contributed by atoms with Gasteiger partial charge >= 0.3 is 0 Å². The number of anilines is 1. The lowest BCUT2D eigenvalue weighted by atomic mass is 9.96. The van der Waals surface area contributed by atoms with Gasteiger partial charge in [0, 0.05) is 19.1 Å². The average molecular weight is 451 g/mol. The largest absolute Gasteiger partial charge is 0.493 e. The highest BCUT2D eigenvalue weighted by molar-refractivity contribution is 8.01. The van der Waals surface area contributed by atoms with Crippen molar-refractivity contribution in [3.05, 3.63) is 23.8 Å². The number of hydrogen-bond donors (Lipinski definition) is 1. The summed E-state index contributed by atoms with van der Waals surface area (Å²) in [6.45, 7) is 3.15. The van der Waals surface area contributed by atoms with Gasteiger partial charge in [-0.05, 0) is 37.5 Å². The van der Waals surface area contributed by atoms with Crippen LogP contribution in [0.1, 0.15) is 44.6 Å². The summed E-state index contributed by atoms with van der Waals surface area (Å²) in [6.07, 6.45) is 6.28. The van der Waals surface area contributed by atoms with Crippen molar-refractivity contribution in [1.82, 2.24) is 15.1 Å². The van der Waals surface area contributed by atoms with Crippen molar-refractivity contribution in [2.24, 2.45) is 0 Å². The summed E-state index contributed by atoms with van der Waals surface area (Å²) >= 11 is 2.98. The third kappa shape index (κ3) is 6.25. The third-order valence-corrected chi connectivity index (χ3v) is 7.19. The summed E-state index contributed by atoms with van der Waals surface area (Å²) < 4.78 is 11.5. The van der Waals surface area contributed by atoms with Crippen molar-refractivity contribution in [3.63, 3.8) is 0 Å². The van der Waals surface area contributed by atoms with Gasteiger partial charge in [-0.1, -0.05) is 48.4 Å². The summed E-state index contributed by atoms with van der Waals surface area (Å²) in [5.74, 6) is 1.77. The highest BCUT2D eigenvalue weighted by Crippen LogP contribution is 2.30. The topological polar surface area (TPSA) is 76.6 Å². The van der Waals surface area contributed by atoms with Gasteiger partial charge < -0.3 is 19.7 Å². The van der Waals surface area contributed by atoms with E-state index in [9.17, 15) is 4.79 Å². The predicted molar refractivity (Wildman–Crippen MR) is 122 cm³/mol. The van der Waals surface area contributed by atoms with Gasteiger partial charge in [-0.3, -0.25) is 4.79 Å². The molecule has 30 heavy (non-hydrogen) atoms. The van der Waals surface area contributed by atoms with Crippen LogP contribution in [0.4, 0.5) is 5.13 Å². The van der Waals surface area contributed by atoms with Crippen LogP contribution in [-0.4, -0.2) is 53.6 Å². The van der Waals surface area contributed by atoms with E-state index in [1.807, 2.05) is 30.0 Å². The molecule has 0 saturated heterocycles. The van der Waals surface area contributed by atoms with Crippen LogP contribution in [-0.2, 0) is 11.3 Å². The highest BCUT2D eigenvalue weighted by Gasteiger charge is 2.17. The first kappa shape index (κ1) is 22.7. The molecule has 1 aromatic heterocycles. The van der Waals surface area contributed by atoms with Crippen molar-refractivity contribution >= 4 is 34.1 Å². The molecule has 2 aromatic rings. The minimum Gasteiger partial charge on any atom is -0.493 e. The minimum absolute atomic E-state index is 0.0780. The fraction of sp³-hybridized carbons (Fsp3) is 0.571. The number of carbonyl (C=O) groups excluding carboxylic acids is 1. The van der Waals surface area contributed by atoms with Crippen molar-refractivity contribution in [1.29, 1.82) is 0 Å². The van der Waals surface area contributed by atoms with E-state index in [1.54, 1.807) is 14.2 Å². The van der Waals surface area contributed by atoms with Gasteiger partial charge in [0.15, 0.2) is 15.8 Å². The Morgan fingerprint density at radius 2 is 1.97 bits per heavy atom. The maximum atomic E-state index is 12.7. The molecule has 7 nitrogen and oxygen atoms in total. The Kier molecular flexibility index (Phi) is 8.62. The molecule has 9 heteroatoms. The zero-order chi connectivity index (χ0) is 21.3. The van der Waals surface area contributed by atoms with E-state index < -0.39 is 0 Å². The number of carbonyl (C=O) groups is 1. The van der Waals surface area contributed by atoms with Crippen molar-refractivity contribution < 1.29 is 14.3 Å². The molecule has 1 aromatic carbocycles. The highest BCUT2D eigenvalue weighted by atomic mass is 32.2. The van der Waals surface area contributed by atoms with Crippen LogP contribution >= 0.6 is 23.1 Å². The second-order valence-electron chi connectivity index (χ2n) is 7.24. The van der Waals surface area contributed by atoms with E-state index in [-0.39, 0.29) is 5.91 Å². The Morgan fingerprint density at radius 1 is 1.20 bits per heavy atom. The number of thioether (sulfide) groups is 1. The maximum Gasteiger partial charge on any atom is 0.233 e. The Bertz CT molecular complexity index is 824. The van der Waals surface area contributed by atoms with Gasteiger partial charge in [0.2, 0.25) is 11.0 Å². The number of ether oxygens (including phenoxy) is 2. The monoisotopic (exact) mass is 450 g/mol. The number of hydrogen-bond acceptors (Lipinski definition) is 8. The zero-order valence-corrected chi connectivity index (χ0v) is 19.5. The molecule has 1 saturated carbocycles. The predicted octanol–water partition coefficient (Wildman–Crippen LogP) is 4.44. The van der Waals surface area contributed by atoms with Crippen LogP contribution in [0.5, 0.6) is 11.5 Å². The zero-order valence-electron chi connectivity index (χ0n) is 17.8. The lowest BCUT2D eigenvalue weighted by Crippen LogP contribution is -2.31. The molecule has 1 N–H and O–H groups in total. The normalized spacial score (nSPS) is 14.4. The lowest BCUT2D eigenvalue weighted by Gasteiger charge is -2.21. The molecular weight excluding hydrogens is 420 g/mol. The quantitative estimate of drug-likeness (QED) is 0.536. The smallest absolute Gasteiger partial charge is 0.233 e. The first-order valence-corrected chi connectivity index (χ1v) is 12.1. The number of rotatable bonds is 10. The Morgan fingerprint density at radius 3 is 2.67 bits per heavy atom. The van der Waals surface area contributed by atoms with E-state index in [0.29, 0.717) is 36.4 Å². The van der Waals surface area contributed by atoms with Crippen LogP contribution in [0.3, 0.4) is 0 Å². The van der Waals surface area contributed by atoms with E-state index in [1.165, 1.54) is 55.2 Å². The van der Waals surface area contributed by atoms with Crippen LogP contribution in [0.25, 0.3) is 0 Å². The molecule has 0 spiro atoms. The van der Waals surface area contributed by atoms with Crippen molar-refractivity contribution in [2.45, 2.75) is 56.0 Å². The Hall–Kier alpha value is -2.00. The SMILES string of the molecule is CCN(Cc1ccc(OC)c(OC)c1)C(=O)CSc1nnc(NC2CCCCC2)s1. The summed E-state index contributed by atoms with van der Waals surface area (Å²) in [4.78, 5) is 14.6. The molecule has 0 radical (unpaired) electrons. The summed E-state index contributed by atoms with van der Waals surface area (Å²) in [5, 5.41) is 12.8. The first-order valence-electron chi connectivity index (χ1n) is 10.3. The molecule has 1 aliphatic carbocycles. The molecule has 1 fully saturated rings. The number of methoxy groups -OCH3 is 2. The first-order chi connectivity index (χ1) is 14.6. The molecule has 0 atom stereocenters. The molecular formula is C21H30N4O3S2. The fourth-order valence-electron chi connectivity index (χ4n) is 3.54. The van der Waals surface area contributed by atoms with E-state index in [4.69, 9.17) is 9.47 Å². The fourth-order valence-corrected chi connectivity index (χ4v) is 5.27. The molecule has 0 aliphatic heterocycles. The van der Waals surface area contributed by atoms with Gasteiger partial charge in [0.1, 0.15) is 0 Å². The van der Waals surface area contributed by atoms with Crippen LogP contribution in [0.2, 0.25) is 0 Å². The number of aromatic nitrogens is 2. The molecule has 1 aliphatic rings. The van der Waals surface area contributed by atoms with Crippen molar-refractivity contribution in [3.8, 4) is 11.5 Å². The average Bonchev–Trinajstić information content (AvgIpc) is 3.23. The minimum atomic E-state index is 0.0780. The van der Waals surface area contributed by atoms with Crippen LogP contribution in [0.15, 0.2) is 22.5 Å². The van der Waals surface area contributed by atoms with E-state index >= 15 is 0 Å². The van der Waals surface area contributed by atoms with Gasteiger partial charge in [0.05, 0.1) is 20.0 Å². The van der Waals surface area contributed by atoms with Crippen molar-refractivity contribution in [2.75, 3.05) is 31.8 Å². The van der Waals surface area contributed by atoms with Gasteiger partial charge in [-0.15, -0.1) is 10.2 Å². The molecule has 164 valence electrons. The number of nitrogens with zero attached hydrogens (tertiary/aromatic N) is 3. The molecule has 0 unspecified atom stereocenters. The van der Waals surface area contributed by atoms with Gasteiger partial charge in [-0.25, -0.2) is 0 Å². The summed E-state index contributed by atoms with van der Waals surface area (Å²) in [7, 11) is 3.22. The third-order valence-electron chi connectivity index (χ3n) is 5.21. The van der Waals surface area contributed by atoms with Crippen LogP contribution in [0, 0.1) is 0 Å². The Labute approximate surface area is 186 Å². The molecule has 1 amide bonds. The Balaban J connectivity index is 1.51. The van der Waals surface area contributed by atoms with E-state index in [2.05, 4.69) is 15.5 Å². The lowest BCUT2D eigenvalue weighted by molar-refractivity contribution is -0.128. The standard InChI is InChI=1S/C21H30N4O3S2/c1-4-25(13-15-10-11-17(27-2)18(12-15)28-3)19(26)14-29-21-24-23-20(30-21)22-16-8-6-5-7-9-16/h10-12,16H,4-9,13-14H2,1-3H3,(H,22,23). The van der Waals surface area contributed by atoms with Gasteiger partial charge in [-0.2, -0.15) is 0 Å². The second-order valence-corrected chi connectivity index (χ2v) is 9.44. The molecule has 0 bridgehead atoms. The maximum absolute atomic E-state index is 12.7. The molecule has 3 rings (SSSR count). The van der Waals surface area contributed by atoms with E-state index in [0.717, 1.165) is 15.0 Å². The van der Waals surface area contributed by atoms with Gasteiger partial charge in [0.25, 0.3) is 0 Å². The second kappa shape index (κ2) is 11.4. The molecule has 1 heterocycles. The number of benzene rings is 1. The number of amides is 1. The summed E-state index contributed by atoms with van der Waals surface area (Å²) in [6, 6.07) is 6.24. The summed E-state index contributed by atoms with van der Waals surface area (Å²) in [5.41, 5.74) is 1.00.